The minimum atomic E-state index is -0.237. The number of hydrogen-bond donors (Lipinski definition) is 1. The summed E-state index contributed by atoms with van der Waals surface area (Å²) >= 11 is 17.7. The van der Waals surface area contributed by atoms with Crippen molar-refractivity contribution in [3.8, 4) is 0 Å². The molecule has 2 aromatic carbocycles. The van der Waals surface area contributed by atoms with E-state index in [0.29, 0.717) is 32.9 Å². The number of carbonyl (C=O) groups is 2. The van der Waals surface area contributed by atoms with E-state index >= 15 is 0 Å². The maximum absolute atomic E-state index is 12.1. The van der Waals surface area contributed by atoms with Gasteiger partial charge in [-0.15, -0.1) is 0 Å². The quantitative estimate of drug-likeness (QED) is 0.827. The van der Waals surface area contributed by atoms with Crippen LogP contribution in [0.4, 0.5) is 5.69 Å². The number of benzene rings is 2. The van der Waals surface area contributed by atoms with Crippen LogP contribution in [0.25, 0.3) is 0 Å². The summed E-state index contributed by atoms with van der Waals surface area (Å²) in [4.78, 5) is 25.4. The van der Waals surface area contributed by atoms with Gasteiger partial charge in [-0.05, 0) is 42.5 Å². The molecule has 0 atom stereocenters. The van der Waals surface area contributed by atoms with Gasteiger partial charge in [0.15, 0.2) is 0 Å². The summed E-state index contributed by atoms with van der Waals surface area (Å²) in [5, 5.41) is 4.20. The highest BCUT2D eigenvalue weighted by Gasteiger charge is 2.13. The van der Waals surface area contributed by atoms with Crippen LogP contribution in [0.3, 0.4) is 0 Å². The summed E-state index contributed by atoms with van der Waals surface area (Å²) in [5.74, 6) is -0.409. The molecule has 0 saturated carbocycles. The van der Waals surface area contributed by atoms with Gasteiger partial charge in [0.25, 0.3) is 5.91 Å². The van der Waals surface area contributed by atoms with Crippen molar-refractivity contribution in [1.82, 2.24) is 5.32 Å². The molecule has 0 aromatic heterocycles. The molecule has 0 spiro atoms. The van der Waals surface area contributed by atoms with Gasteiger partial charge in [-0.25, -0.2) is 0 Å². The van der Waals surface area contributed by atoms with E-state index < -0.39 is 0 Å². The third-order valence-corrected chi connectivity index (χ3v) is 3.95. The molecule has 0 radical (unpaired) electrons. The minimum Gasteiger partial charge on any atom is -0.350 e. The van der Waals surface area contributed by atoms with Crippen LogP contribution in [0.2, 0.25) is 15.1 Å². The molecule has 0 bridgehead atoms. The van der Waals surface area contributed by atoms with Crippen LogP contribution < -0.4 is 10.2 Å². The molecule has 1 N–H and O–H groups in total. The topological polar surface area (TPSA) is 49.4 Å². The first-order chi connectivity index (χ1) is 11.4. The fourth-order valence-electron chi connectivity index (χ4n) is 2.15. The number of anilines is 1. The maximum atomic E-state index is 12.1. The first-order valence-corrected chi connectivity index (χ1v) is 8.28. The average molecular weight is 386 g/mol. The molecule has 2 aromatic rings. The third-order valence-electron chi connectivity index (χ3n) is 3.27. The van der Waals surface area contributed by atoms with Gasteiger partial charge in [-0.2, -0.15) is 0 Å². The standard InChI is InChI=1S/C17H15Cl3N2O2/c1-11(23)22(16-9-14(19)8-15(20)10-16)7-6-21-17(24)12-2-4-13(18)5-3-12/h2-5,8-10H,6-7H2,1H3,(H,21,24). The number of nitrogens with zero attached hydrogens (tertiary/aromatic N) is 1. The molecular formula is C17H15Cl3N2O2. The van der Waals surface area contributed by atoms with Crippen LogP contribution in [-0.2, 0) is 4.79 Å². The molecule has 0 aliphatic carbocycles. The molecule has 7 heteroatoms. The molecule has 0 unspecified atom stereocenters. The first-order valence-electron chi connectivity index (χ1n) is 7.15. The van der Waals surface area contributed by atoms with Gasteiger partial charge in [-0.1, -0.05) is 34.8 Å². The number of amides is 2. The normalized spacial score (nSPS) is 10.3. The van der Waals surface area contributed by atoms with Crippen molar-refractivity contribution in [3.63, 3.8) is 0 Å². The lowest BCUT2D eigenvalue weighted by Gasteiger charge is -2.22. The van der Waals surface area contributed by atoms with Crippen molar-refractivity contribution in [3.05, 3.63) is 63.1 Å². The summed E-state index contributed by atoms with van der Waals surface area (Å²) in [6.07, 6.45) is 0. The summed E-state index contributed by atoms with van der Waals surface area (Å²) < 4.78 is 0. The van der Waals surface area contributed by atoms with Crippen molar-refractivity contribution in [2.75, 3.05) is 18.0 Å². The lowest BCUT2D eigenvalue weighted by molar-refractivity contribution is -0.116. The van der Waals surface area contributed by atoms with E-state index in [1.807, 2.05) is 0 Å². The van der Waals surface area contributed by atoms with E-state index in [4.69, 9.17) is 34.8 Å². The van der Waals surface area contributed by atoms with Gasteiger partial charge in [0.05, 0.1) is 0 Å². The van der Waals surface area contributed by atoms with E-state index in [0.717, 1.165) is 0 Å². The van der Waals surface area contributed by atoms with Crippen LogP contribution >= 0.6 is 34.8 Å². The van der Waals surface area contributed by atoms with E-state index in [9.17, 15) is 9.59 Å². The Kier molecular flexibility index (Phi) is 6.49. The highest BCUT2D eigenvalue weighted by molar-refractivity contribution is 6.35. The number of carbonyl (C=O) groups excluding carboxylic acids is 2. The Morgan fingerprint density at radius 1 is 0.958 bits per heavy atom. The predicted octanol–water partition coefficient (Wildman–Crippen LogP) is 4.43. The van der Waals surface area contributed by atoms with Gasteiger partial charge in [-0.3, -0.25) is 9.59 Å². The Labute approximate surface area is 155 Å². The monoisotopic (exact) mass is 384 g/mol. The van der Waals surface area contributed by atoms with Crippen LogP contribution in [0, 0.1) is 0 Å². The largest absolute Gasteiger partial charge is 0.350 e. The molecule has 126 valence electrons. The molecule has 2 amide bonds. The Balaban J connectivity index is 2.00. The lowest BCUT2D eigenvalue weighted by atomic mass is 10.2. The number of halogens is 3. The third kappa shape index (κ3) is 5.13. The number of rotatable bonds is 5. The summed E-state index contributed by atoms with van der Waals surface area (Å²) in [5.41, 5.74) is 1.08. The van der Waals surface area contributed by atoms with Gasteiger partial charge in [0.1, 0.15) is 0 Å². The Bertz CT molecular complexity index is 728. The van der Waals surface area contributed by atoms with Crippen LogP contribution in [-0.4, -0.2) is 24.9 Å². The summed E-state index contributed by atoms with van der Waals surface area (Å²) in [6, 6.07) is 11.5. The van der Waals surface area contributed by atoms with E-state index in [1.165, 1.54) is 11.8 Å². The maximum Gasteiger partial charge on any atom is 0.251 e. The smallest absolute Gasteiger partial charge is 0.251 e. The van der Waals surface area contributed by atoms with Crippen LogP contribution in [0.1, 0.15) is 17.3 Å². The molecule has 0 aliphatic rings. The zero-order valence-corrected chi connectivity index (χ0v) is 15.1. The zero-order chi connectivity index (χ0) is 17.7. The molecule has 0 saturated heterocycles. The second-order valence-electron chi connectivity index (χ2n) is 5.06. The van der Waals surface area contributed by atoms with Gasteiger partial charge >= 0.3 is 0 Å². The highest BCUT2D eigenvalue weighted by Crippen LogP contribution is 2.25. The van der Waals surface area contributed by atoms with E-state index in [-0.39, 0.29) is 18.4 Å². The molecule has 0 fully saturated rings. The fourth-order valence-corrected chi connectivity index (χ4v) is 2.79. The fraction of sp³-hybridized carbons (Fsp3) is 0.176. The zero-order valence-electron chi connectivity index (χ0n) is 12.9. The van der Waals surface area contributed by atoms with Crippen molar-refractivity contribution in [1.29, 1.82) is 0 Å². The van der Waals surface area contributed by atoms with Crippen molar-refractivity contribution in [2.45, 2.75) is 6.92 Å². The van der Waals surface area contributed by atoms with E-state index in [1.54, 1.807) is 42.5 Å². The second-order valence-corrected chi connectivity index (χ2v) is 6.37. The molecular weight excluding hydrogens is 371 g/mol. The van der Waals surface area contributed by atoms with E-state index in [2.05, 4.69) is 5.32 Å². The molecule has 24 heavy (non-hydrogen) atoms. The molecule has 2 rings (SSSR count). The minimum absolute atomic E-state index is 0.172. The lowest BCUT2D eigenvalue weighted by Crippen LogP contribution is -2.37. The first kappa shape index (κ1) is 18.6. The van der Waals surface area contributed by atoms with Crippen LogP contribution in [0.5, 0.6) is 0 Å². The molecule has 0 aliphatic heterocycles. The van der Waals surface area contributed by atoms with Gasteiger partial charge in [0, 0.05) is 46.3 Å². The Morgan fingerprint density at radius 3 is 2.08 bits per heavy atom. The van der Waals surface area contributed by atoms with Gasteiger partial charge < -0.3 is 10.2 Å². The van der Waals surface area contributed by atoms with Crippen molar-refractivity contribution >= 4 is 52.3 Å². The average Bonchev–Trinajstić information content (AvgIpc) is 2.50. The van der Waals surface area contributed by atoms with Gasteiger partial charge in [0.2, 0.25) is 5.91 Å². The molecule has 4 nitrogen and oxygen atoms in total. The predicted molar refractivity (Wildman–Crippen MR) is 98.3 cm³/mol. The Hall–Kier alpha value is -1.75. The SMILES string of the molecule is CC(=O)N(CCNC(=O)c1ccc(Cl)cc1)c1cc(Cl)cc(Cl)c1. The summed E-state index contributed by atoms with van der Waals surface area (Å²) in [6.45, 7) is 2.02. The summed E-state index contributed by atoms with van der Waals surface area (Å²) in [7, 11) is 0. The van der Waals surface area contributed by atoms with Crippen LogP contribution in [0.15, 0.2) is 42.5 Å². The number of nitrogens with one attached hydrogen (secondary N) is 1. The van der Waals surface area contributed by atoms with Crippen molar-refractivity contribution in [2.24, 2.45) is 0 Å². The van der Waals surface area contributed by atoms with Crippen molar-refractivity contribution < 1.29 is 9.59 Å². The molecule has 0 heterocycles. The highest BCUT2D eigenvalue weighted by atomic mass is 35.5. The number of hydrogen-bond acceptors (Lipinski definition) is 2. The Morgan fingerprint density at radius 2 is 1.54 bits per heavy atom. The second kappa shape index (κ2) is 8.38.